The molecule has 0 spiro atoms. The highest BCUT2D eigenvalue weighted by Crippen LogP contribution is 2.24. The fraction of sp³-hybridized carbons (Fsp3) is 0.118. The molecule has 0 aliphatic carbocycles. The summed E-state index contributed by atoms with van der Waals surface area (Å²) < 4.78 is 8.51. The summed E-state index contributed by atoms with van der Waals surface area (Å²) in [5.74, 6) is -0.795. The van der Waals surface area contributed by atoms with E-state index in [0.717, 1.165) is 14.7 Å². The highest BCUT2D eigenvalue weighted by molar-refractivity contribution is 9.10. The molecule has 3 rings (SSSR count). The lowest BCUT2D eigenvalue weighted by atomic mass is 10.1. The number of fused-ring (bicyclic) bond motifs is 1. The number of esters is 1. The van der Waals surface area contributed by atoms with Gasteiger partial charge in [0.15, 0.2) is 4.80 Å². The number of carbonyl (C=O) groups excluding carboxylic acids is 2. The number of methoxy groups -OCH3 is 1. The first kappa shape index (κ1) is 16.6. The number of nitrogens with zero attached hydrogens (tertiary/aromatic N) is 2. The van der Waals surface area contributed by atoms with Gasteiger partial charge in [-0.3, -0.25) is 4.79 Å². The molecule has 0 fully saturated rings. The van der Waals surface area contributed by atoms with E-state index in [9.17, 15) is 9.59 Å². The summed E-state index contributed by atoms with van der Waals surface area (Å²) >= 11 is 4.96. The second-order valence-electron chi connectivity index (χ2n) is 5.02. The lowest BCUT2D eigenvalue weighted by Crippen LogP contribution is -2.13. The predicted molar refractivity (Wildman–Crippen MR) is 96.2 cm³/mol. The molecule has 3 aromatic rings. The van der Waals surface area contributed by atoms with E-state index in [0.29, 0.717) is 15.9 Å². The van der Waals surface area contributed by atoms with Gasteiger partial charge in [0.05, 0.1) is 22.9 Å². The van der Waals surface area contributed by atoms with Gasteiger partial charge in [-0.05, 0) is 52.3 Å². The van der Waals surface area contributed by atoms with E-state index in [2.05, 4.69) is 25.7 Å². The van der Waals surface area contributed by atoms with E-state index in [-0.39, 0.29) is 5.91 Å². The molecule has 2 aromatic carbocycles. The van der Waals surface area contributed by atoms with Crippen molar-refractivity contribution < 1.29 is 14.3 Å². The largest absolute Gasteiger partial charge is 0.465 e. The number of halogens is 1. The zero-order chi connectivity index (χ0) is 17.3. The Kier molecular flexibility index (Phi) is 4.64. The van der Waals surface area contributed by atoms with E-state index in [1.54, 1.807) is 24.3 Å². The lowest BCUT2D eigenvalue weighted by molar-refractivity contribution is 0.0600. The first-order chi connectivity index (χ1) is 11.5. The van der Waals surface area contributed by atoms with Crippen LogP contribution in [0.4, 0.5) is 0 Å². The van der Waals surface area contributed by atoms with Crippen LogP contribution in [-0.4, -0.2) is 23.6 Å². The molecular formula is C17H13BrN2O3S. The Morgan fingerprint density at radius 2 is 1.79 bits per heavy atom. The molecule has 0 radical (unpaired) electrons. The zero-order valence-corrected chi connectivity index (χ0v) is 15.3. The van der Waals surface area contributed by atoms with Crippen LogP contribution >= 0.6 is 27.3 Å². The van der Waals surface area contributed by atoms with Crippen molar-refractivity contribution in [3.05, 3.63) is 62.9 Å². The Morgan fingerprint density at radius 1 is 1.12 bits per heavy atom. The van der Waals surface area contributed by atoms with Gasteiger partial charge in [0.2, 0.25) is 0 Å². The van der Waals surface area contributed by atoms with Crippen LogP contribution in [0.3, 0.4) is 0 Å². The maximum absolute atomic E-state index is 12.4. The maximum atomic E-state index is 12.4. The second-order valence-corrected chi connectivity index (χ2v) is 6.88. The van der Waals surface area contributed by atoms with Gasteiger partial charge in [-0.2, -0.15) is 4.99 Å². The van der Waals surface area contributed by atoms with Gasteiger partial charge in [0.1, 0.15) is 0 Å². The number of hydrogen-bond donors (Lipinski definition) is 0. The third-order valence-electron chi connectivity index (χ3n) is 3.52. The van der Waals surface area contributed by atoms with Crippen LogP contribution in [0.1, 0.15) is 20.7 Å². The van der Waals surface area contributed by atoms with Crippen molar-refractivity contribution in [3.63, 3.8) is 0 Å². The summed E-state index contributed by atoms with van der Waals surface area (Å²) in [6.45, 7) is 0. The van der Waals surface area contributed by atoms with E-state index in [1.807, 2.05) is 29.8 Å². The average molecular weight is 405 g/mol. The number of benzene rings is 2. The molecule has 0 aliphatic rings. The van der Waals surface area contributed by atoms with Gasteiger partial charge in [-0.1, -0.05) is 17.4 Å². The predicted octanol–water partition coefficient (Wildman–Crippen LogP) is 3.53. The number of hydrogen-bond acceptors (Lipinski definition) is 4. The molecule has 0 atom stereocenters. The lowest BCUT2D eigenvalue weighted by Gasteiger charge is -2.00. The Hall–Kier alpha value is -2.25. The molecule has 0 N–H and O–H groups in total. The summed E-state index contributed by atoms with van der Waals surface area (Å²) in [6, 6.07) is 12.1. The number of thiazole rings is 1. The summed E-state index contributed by atoms with van der Waals surface area (Å²) in [4.78, 5) is 28.6. The van der Waals surface area contributed by atoms with Gasteiger partial charge in [0, 0.05) is 17.1 Å². The monoisotopic (exact) mass is 404 g/mol. The number of para-hydroxylation sites is 1. The van der Waals surface area contributed by atoms with Gasteiger partial charge < -0.3 is 9.30 Å². The summed E-state index contributed by atoms with van der Waals surface area (Å²) in [6.07, 6.45) is 0. The molecule has 0 unspecified atom stereocenters. The highest BCUT2D eigenvalue weighted by Gasteiger charge is 2.10. The van der Waals surface area contributed by atoms with Crippen LogP contribution in [0, 0.1) is 0 Å². The van der Waals surface area contributed by atoms with Crippen LogP contribution in [0.2, 0.25) is 0 Å². The van der Waals surface area contributed by atoms with Crippen molar-refractivity contribution in [2.75, 3.05) is 7.11 Å². The molecule has 7 heteroatoms. The first-order valence-corrected chi connectivity index (χ1v) is 8.63. The number of rotatable bonds is 2. The van der Waals surface area contributed by atoms with Gasteiger partial charge in [-0.15, -0.1) is 0 Å². The van der Waals surface area contributed by atoms with Crippen molar-refractivity contribution in [2.24, 2.45) is 12.0 Å². The van der Waals surface area contributed by atoms with Gasteiger partial charge in [-0.25, -0.2) is 4.79 Å². The maximum Gasteiger partial charge on any atom is 0.337 e. The smallest absolute Gasteiger partial charge is 0.337 e. The van der Waals surface area contributed by atoms with Crippen LogP contribution in [0.5, 0.6) is 0 Å². The average Bonchev–Trinajstić information content (AvgIpc) is 2.91. The van der Waals surface area contributed by atoms with Crippen molar-refractivity contribution in [2.45, 2.75) is 0 Å². The first-order valence-electron chi connectivity index (χ1n) is 7.02. The number of aryl methyl sites for hydroxylation is 1. The molecule has 0 saturated carbocycles. The number of amides is 1. The molecule has 0 aliphatic heterocycles. The van der Waals surface area contributed by atoms with Crippen LogP contribution < -0.4 is 4.80 Å². The molecule has 122 valence electrons. The van der Waals surface area contributed by atoms with Crippen molar-refractivity contribution in [3.8, 4) is 0 Å². The molecule has 5 nitrogen and oxygen atoms in total. The van der Waals surface area contributed by atoms with Crippen LogP contribution in [0.15, 0.2) is 51.9 Å². The number of aromatic nitrogens is 1. The Morgan fingerprint density at radius 3 is 2.42 bits per heavy atom. The van der Waals surface area contributed by atoms with Gasteiger partial charge >= 0.3 is 5.97 Å². The van der Waals surface area contributed by atoms with Crippen molar-refractivity contribution in [1.82, 2.24) is 4.57 Å². The zero-order valence-electron chi connectivity index (χ0n) is 12.9. The topological polar surface area (TPSA) is 60.7 Å². The summed E-state index contributed by atoms with van der Waals surface area (Å²) in [5.41, 5.74) is 1.81. The molecule has 1 heterocycles. The SMILES string of the molecule is COC(=O)c1ccc(C(=O)N=c2sc3cccc(Br)c3n2C)cc1. The third-order valence-corrected chi connectivity index (χ3v) is 5.26. The third kappa shape index (κ3) is 3.05. The minimum Gasteiger partial charge on any atom is -0.465 e. The molecule has 0 bridgehead atoms. The molecule has 24 heavy (non-hydrogen) atoms. The Labute approximate surface area is 150 Å². The second kappa shape index (κ2) is 6.70. The summed E-state index contributed by atoms with van der Waals surface area (Å²) in [5, 5.41) is 0. The Bertz CT molecular complexity index is 1000. The fourth-order valence-electron chi connectivity index (χ4n) is 2.28. The number of ether oxygens (including phenoxy) is 1. The van der Waals surface area contributed by atoms with Gasteiger partial charge in [0.25, 0.3) is 5.91 Å². The molecule has 0 saturated heterocycles. The van der Waals surface area contributed by atoms with E-state index >= 15 is 0 Å². The molecule has 1 amide bonds. The molecule has 1 aromatic heterocycles. The normalized spacial score (nSPS) is 11.7. The quantitative estimate of drug-likeness (QED) is 0.613. The standard InChI is InChI=1S/C17H13BrN2O3S/c1-20-14-12(18)4-3-5-13(14)24-17(20)19-15(21)10-6-8-11(9-7-10)16(22)23-2/h3-9H,1-2H3. The Balaban J connectivity index is 1.99. The minimum absolute atomic E-state index is 0.357. The van der Waals surface area contributed by atoms with E-state index in [1.165, 1.54) is 18.4 Å². The van der Waals surface area contributed by atoms with Crippen LogP contribution in [0.25, 0.3) is 10.2 Å². The minimum atomic E-state index is -0.438. The van der Waals surface area contributed by atoms with Crippen molar-refractivity contribution in [1.29, 1.82) is 0 Å². The van der Waals surface area contributed by atoms with Crippen LogP contribution in [-0.2, 0) is 11.8 Å². The molecular weight excluding hydrogens is 392 g/mol. The van der Waals surface area contributed by atoms with E-state index < -0.39 is 5.97 Å². The fourth-order valence-corrected chi connectivity index (χ4v) is 4.09. The van der Waals surface area contributed by atoms with E-state index in [4.69, 9.17) is 0 Å². The summed E-state index contributed by atoms with van der Waals surface area (Å²) in [7, 11) is 3.19. The number of carbonyl (C=O) groups is 2. The van der Waals surface area contributed by atoms with Crippen molar-refractivity contribution >= 4 is 49.4 Å². The highest BCUT2D eigenvalue weighted by atomic mass is 79.9.